The number of carboxylic acids is 1. The number of hydrogen-bond donors (Lipinski definition) is 2. The molecular weight excluding hydrogens is 180 g/mol. The highest BCUT2D eigenvalue weighted by Gasteiger charge is 2.08. The van der Waals surface area contributed by atoms with Crippen LogP contribution >= 0.6 is 0 Å². The van der Waals surface area contributed by atoms with Gasteiger partial charge in [-0.1, -0.05) is 6.07 Å². The van der Waals surface area contributed by atoms with Crippen molar-refractivity contribution < 1.29 is 9.90 Å². The Morgan fingerprint density at radius 1 is 1.71 bits per heavy atom. The Bertz CT molecular complexity index is 287. The first-order valence-electron chi connectivity index (χ1n) is 4.55. The van der Waals surface area contributed by atoms with Crippen LogP contribution in [0.5, 0.6) is 0 Å². The van der Waals surface area contributed by atoms with E-state index in [2.05, 4.69) is 10.3 Å². The van der Waals surface area contributed by atoms with Crippen LogP contribution in [0.3, 0.4) is 0 Å². The molecule has 0 fully saturated rings. The molecule has 14 heavy (non-hydrogen) atoms. The summed E-state index contributed by atoms with van der Waals surface area (Å²) >= 11 is 0. The van der Waals surface area contributed by atoms with Gasteiger partial charge in [0.05, 0.1) is 0 Å². The highest BCUT2D eigenvalue weighted by atomic mass is 16.4. The SMILES string of the molecule is C[C@@H](NCCc1cccnc1)C(=O)O. The van der Waals surface area contributed by atoms with Crippen LogP contribution in [-0.4, -0.2) is 28.6 Å². The van der Waals surface area contributed by atoms with Gasteiger partial charge in [-0.3, -0.25) is 9.78 Å². The van der Waals surface area contributed by atoms with E-state index >= 15 is 0 Å². The summed E-state index contributed by atoms with van der Waals surface area (Å²) in [6.07, 6.45) is 4.30. The highest BCUT2D eigenvalue weighted by molar-refractivity contribution is 5.72. The number of aromatic nitrogens is 1. The van der Waals surface area contributed by atoms with Crippen LogP contribution in [0.25, 0.3) is 0 Å². The summed E-state index contributed by atoms with van der Waals surface area (Å²) in [5.41, 5.74) is 1.11. The molecule has 0 aliphatic heterocycles. The van der Waals surface area contributed by atoms with Crippen LogP contribution in [0, 0.1) is 0 Å². The Kier molecular flexibility index (Phi) is 4.07. The quantitative estimate of drug-likeness (QED) is 0.723. The van der Waals surface area contributed by atoms with Crippen molar-refractivity contribution >= 4 is 5.97 Å². The predicted octanol–water partition coefficient (Wildman–Crippen LogP) is 0.687. The van der Waals surface area contributed by atoms with Crippen LogP contribution < -0.4 is 5.32 Å². The molecule has 4 nitrogen and oxygen atoms in total. The molecule has 0 saturated heterocycles. The maximum atomic E-state index is 10.5. The van der Waals surface area contributed by atoms with Gasteiger partial charge in [-0.15, -0.1) is 0 Å². The van der Waals surface area contributed by atoms with E-state index < -0.39 is 12.0 Å². The van der Waals surface area contributed by atoms with Crippen molar-refractivity contribution in [3.63, 3.8) is 0 Å². The van der Waals surface area contributed by atoms with Crippen molar-refractivity contribution in [2.24, 2.45) is 0 Å². The van der Waals surface area contributed by atoms with E-state index in [9.17, 15) is 4.79 Å². The van der Waals surface area contributed by atoms with Crippen molar-refractivity contribution in [1.82, 2.24) is 10.3 Å². The molecule has 76 valence electrons. The third kappa shape index (κ3) is 3.53. The molecule has 1 atom stereocenters. The number of carbonyl (C=O) groups is 1. The van der Waals surface area contributed by atoms with Crippen molar-refractivity contribution in [3.05, 3.63) is 30.1 Å². The third-order valence-corrected chi connectivity index (χ3v) is 1.96. The van der Waals surface area contributed by atoms with E-state index in [0.29, 0.717) is 6.54 Å². The van der Waals surface area contributed by atoms with Gasteiger partial charge in [-0.25, -0.2) is 0 Å². The topological polar surface area (TPSA) is 62.2 Å². The van der Waals surface area contributed by atoms with E-state index in [4.69, 9.17) is 5.11 Å². The molecule has 0 unspecified atom stereocenters. The van der Waals surface area contributed by atoms with E-state index in [1.807, 2.05) is 12.1 Å². The van der Waals surface area contributed by atoms with Crippen LogP contribution in [0.1, 0.15) is 12.5 Å². The van der Waals surface area contributed by atoms with Gasteiger partial charge in [0.15, 0.2) is 0 Å². The lowest BCUT2D eigenvalue weighted by Crippen LogP contribution is -2.34. The van der Waals surface area contributed by atoms with Gasteiger partial charge in [0.25, 0.3) is 0 Å². The molecule has 1 rings (SSSR count). The number of rotatable bonds is 5. The molecule has 0 aromatic carbocycles. The molecule has 1 heterocycles. The Labute approximate surface area is 83.0 Å². The van der Waals surface area contributed by atoms with Crippen LogP contribution in [0.4, 0.5) is 0 Å². The fraction of sp³-hybridized carbons (Fsp3) is 0.400. The maximum Gasteiger partial charge on any atom is 0.320 e. The molecule has 0 aliphatic carbocycles. The number of hydrogen-bond acceptors (Lipinski definition) is 3. The van der Waals surface area contributed by atoms with E-state index in [1.54, 1.807) is 19.3 Å². The van der Waals surface area contributed by atoms with Gasteiger partial charge >= 0.3 is 5.97 Å². The zero-order chi connectivity index (χ0) is 10.4. The second kappa shape index (κ2) is 5.34. The second-order valence-electron chi connectivity index (χ2n) is 3.13. The van der Waals surface area contributed by atoms with Gasteiger partial charge in [-0.05, 0) is 25.0 Å². The molecule has 1 aromatic heterocycles. The summed E-state index contributed by atoms with van der Waals surface area (Å²) in [7, 11) is 0. The monoisotopic (exact) mass is 194 g/mol. The lowest BCUT2D eigenvalue weighted by Gasteiger charge is -2.08. The fourth-order valence-electron chi connectivity index (χ4n) is 1.07. The minimum absolute atomic E-state index is 0.494. The number of pyridine rings is 1. The van der Waals surface area contributed by atoms with E-state index in [1.165, 1.54) is 0 Å². The Morgan fingerprint density at radius 2 is 2.50 bits per heavy atom. The van der Waals surface area contributed by atoms with E-state index in [0.717, 1.165) is 12.0 Å². The molecule has 0 radical (unpaired) electrons. The summed E-state index contributed by atoms with van der Waals surface area (Å²) < 4.78 is 0. The first-order chi connectivity index (χ1) is 6.70. The Balaban J connectivity index is 2.26. The summed E-state index contributed by atoms with van der Waals surface area (Å²) in [5.74, 6) is -0.823. The minimum atomic E-state index is -0.823. The summed E-state index contributed by atoms with van der Waals surface area (Å²) in [6, 6.07) is 3.35. The normalized spacial score (nSPS) is 12.4. The van der Waals surface area contributed by atoms with E-state index in [-0.39, 0.29) is 0 Å². The average Bonchev–Trinajstić information content (AvgIpc) is 2.19. The number of carboxylic acid groups (broad SMARTS) is 1. The van der Waals surface area contributed by atoms with Gasteiger partial charge in [0, 0.05) is 18.9 Å². The van der Waals surface area contributed by atoms with Crippen LogP contribution in [-0.2, 0) is 11.2 Å². The van der Waals surface area contributed by atoms with Crippen molar-refractivity contribution in [3.8, 4) is 0 Å². The third-order valence-electron chi connectivity index (χ3n) is 1.96. The highest BCUT2D eigenvalue weighted by Crippen LogP contribution is 1.95. The first-order valence-corrected chi connectivity index (χ1v) is 4.55. The lowest BCUT2D eigenvalue weighted by atomic mass is 10.2. The maximum absolute atomic E-state index is 10.5. The first kappa shape index (κ1) is 10.7. The fourth-order valence-corrected chi connectivity index (χ4v) is 1.07. The number of nitrogens with zero attached hydrogens (tertiary/aromatic N) is 1. The Morgan fingerprint density at radius 3 is 3.07 bits per heavy atom. The van der Waals surface area contributed by atoms with Crippen molar-refractivity contribution in [2.75, 3.05) is 6.54 Å². The summed E-state index contributed by atoms with van der Waals surface area (Å²) in [4.78, 5) is 14.4. The van der Waals surface area contributed by atoms with Gasteiger partial charge in [0.2, 0.25) is 0 Å². The molecule has 4 heteroatoms. The van der Waals surface area contributed by atoms with Crippen molar-refractivity contribution in [1.29, 1.82) is 0 Å². The lowest BCUT2D eigenvalue weighted by molar-refractivity contribution is -0.138. The number of aliphatic carboxylic acids is 1. The standard InChI is InChI=1S/C10H14N2O2/c1-8(10(13)14)12-6-4-9-3-2-5-11-7-9/h2-3,5,7-8,12H,4,6H2,1H3,(H,13,14)/t8-/m1/s1. The Hall–Kier alpha value is -1.42. The molecule has 0 amide bonds. The molecule has 1 aromatic rings. The second-order valence-corrected chi connectivity index (χ2v) is 3.13. The molecule has 0 saturated carbocycles. The predicted molar refractivity (Wildman–Crippen MR) is 53.0 cm³/mol. The summed E-state index contributed by atoms with van der Waals surface area (Å²) in [5, 5.41) is 11.5. The van der Waals surface area contributed by atoms with Crippen LogP contribution in [0.15, 0.2) is 24.5 Å². The molecule has 0 aliphatic rings. The molecule has 0 bridgehead atoms. The molecule has 2 N–H and O–H groups in total. The largest absolute Gasteiger partial charge is 0.480 e. The molecular formula is C10H14N2O2. The van der Waals surface area contributed by atoms with Gasteiger partial charge in [-0.2, -0.15) is 0 Å². The van der Waals surface area contributed by atoms with Gasteiger partial charge < -0.3 is 10.4 Å². The van der Waals surface area contributed by atoms with Crippen LogP contribution in [0.2, 0.25) is 0 Å². The number of nitrogens with one attached hydrogen (secondary N) is 1. The minimum Gasteiger partial charge on any atom is -0.480 e. The van der Waals surface area contributed by atoms with Gasteiger partial charge in [0.1, 0.15) is 6.04 Å². The molecule has 0 spiro atoms. The zero-order valence-corrected chi connectivity index (χ0v) is 8.10. The smallest absolute Gasteiger partial charge is 0.320 e. The zero-order valence-electron chi connectivity index (χ0n) is 8.10. The average molecular weight is 194 g/mol. The summed E-state index contributed by atoms with van der Waals surface area (Å²) in [6.45, 7) is 2.28. The van der Waals surface area contributed by atoms with Crippen molar-refractivity contribution in [2.45, 2.75) is 19.4 Å².